The number of rotatable bonds is 6. The smallest absolute Gasteiger partial charge is 0.223 e. The molecule has 170 valence electrons. The lowest BCUT2D eigenvalue weighted by Gasteiger charge is -2.25. The molecule has 0 spiro atoms. The molecule has 2 N–H and O–H groups in total. The van der Waals surface area contributed by atoms with Crippen LogP contribution in [0.4, 0.5) is 5.95 Å². The maximum absolute atomic E-state index is 6.59. The first-order chi connectivity index (χ1) is 15.5. The van der Waals surface area contributed by atoms with E-state index in [9.17, 15) is 0 Å². The van der Waals surface area contributed by atoms with E-state index in [1.165, 1.54) is 19.3 Å². The van der Waals surface area contributed by atoms with Crippen molar-refractivity contribution in [3.8, 4) is 22.6 Å². The summed E-state index contributed by atoms with van der Waals surface area (Å²) < 4.78 is 10.8. The molecule has 0 aliphatic heterocycles. The fourth-order valence-corrected chi connectivity index (χ4v) is 5.36. The van der Waals surface area contributed by atoms with Gasteiger partial charge in [-0.25, -0.2) is 9.97 Å². The minimum absolute atomic E-state index is 0.300. The second-order valence-electron chi connectivity index (χ2n) is 7.91. The Morgan fingerprint density at radius 3 is 2.31 bits per heavy atom. The highest BCUT2D eigenvalue weighted by Gasteiger charge is 2.23. The molecule has 6 nitrogen and oxygen atoms in total. The summed E-state index contributed by atoms with van der Waals surface area (Å²) in [5.41, 5.74) is 2.34. The summed E-state index contributed by atoms with van der Waals surface area (Å²) in [6.07, 6.45) is 7.79. The number of nitrogens with one attached hydrogen (secondary N) is 2. The molecule has 1 aliphatic rings. The van der Waals surface area contributed by atoms with Gasteiger partial charge in [-0.1, -0.05) is 57.9 Å². The van der Waals surface area contributed by atoms with Crippen LogP contribution >= 0.6 is 32.6 Å². The van der Waals surface area contributed by atoms with Gasteiger partial charge in [0.1, 0.15) is 11.5 Å². The predicted molar refractivity (Wildman–Crippen MR) is 135 cm³/mol. The Morgan fingerprint density at radius 1 is 0.969 bits per heavy atom. The van der Waals surface area contributed by atoms with Gasteiger partial charge >= 0.3 is 0 Å². The summed E-state index contributed by atoms with van der Waals surface area (Å²) in [5, 5.41) is 8.65. The number of hydrogen-bond donors (Lipinski definition) is 2. The van der Waals surface area contributed by atoms with Gasteiger partial charge in [-0.2, -0.15) is 0 Å². The number of hydrogen-bond acceptors (Lipinski definition) is 6. The zero-order valence-corrected chi connectivity index (χ0v) is 20.8. The molecule has 1 fully saturated rings. The lowest BCUT2D eigenvalue weighted by atomic mass is 10.0. The number of ether oxygens (including phenoxy) is 2. The molecule has 3 aromatic rings. The molecular weight excluding hydrogens is 466 g/mol. The summed E-state index contributed by atoms with van der Waals surface area (Å²) in [6.45, 7) is 0. The van der Waals surface area contributed by atoms with Crippen LogP contribution in [0.2, 0.25) is 10.0 Å². The molecule has 2 aromatic carbocycles. The van der Waals surface area contributed by atoms with Crippen molar-refractivity contribution in [2.75, 3.05) is 19.5 Å². The summed E-state index contributed by atoms with van der Waals surface area (Å²) >= 11 is 13.2. The highest BCUT2D eigenvalue weighted by Crippen LogP contribution is 2.46. The van der Waals surface area contributed by atoms with E-state index in [1.54, 1.807) is 20.3 Å². The number of methoxy groups -OCH3 is 2. The zero-order chi connectivity index (χ0) is 22.7. The van der Waals surface area contributed by atoms with Crippen LogP contribution in [0.3, 0.4) is 0 Å². The molecule has 3 atom stereocenters. The maximum atomic E-state index is 6.59. The van der Waals surface area contributed by atoms with Crippen molar-refractivity contribution in [1.29, 1.82) is 0 Å². The van der Waals surface area contributed by atoms with Gasteiger partial charge in [-0.3, -0.25) is 5.09 Å². The number of aromatic nitrogens is 2. The average Bonchev–Trinajstić information content (AvgIpc) is 3.04. The molecule has 0 amide bonds. The van der Waals surface area contributed by atoms with E-state index in [-0.39, 0.29) is 0 Å². The van der Waals surface area contributed by atoms with Crippen LogP contribution in [0.5, 0.6) is 11.5 Å². The highest BCUT2D eigenvalue weighted by atomic mass is 35.5. The van der Waals surface area contributed by atoms with Crippen LogP contribution in [-0.4, -0.2) is 36.3 Å². The van der Waals surface area contributed by atoms with E-state index >= 15 is 0 Å². The highest BCUT2D eigenvalue weighted by molar-refractivity contribution is 7.13. The molecule has 1 heterocycles. The molecule has 3 unspecified atom stereocenters. The molecule has 4 rings (SSSR count). The van der Waals surface area contributed by atoms with Gasteiger partial charge in [-0.15, -0.1) is 0 Å². The predicted octanol–water partition coefficient (Wildman–Crippen LogP) is 6.11. The molecule has 9 heteroatoms. The molecule has 0 radical (unpaired) electrons. The molecule has 0 saturated heterocycles. The van der Waals surface area contributed by atoms with E-state index in [4.69, 9.17) is 37.7 Å². The Balaban J connectivity index is 1.67. The zero-order valence-electron chi connectivity index (χ0n) is 18.1. The topological polar surface area (TPSA) is 68.3 Å². The standard InChI is InChI=1S/C23H27Cl2N4O2P/c1-30-18-11-19(31-2)22(25)20(21(18)24)13-8-9-15-14(10-13)12-26-23(27-15)28-16-6-4-3-5-7-17(16)29-32/h8-12,16-17,29H,3-7,32H2,1-2H3,(H,26,27,28). The number of anilines is 1. The summed E-state index contributed by atoms with van der Waals surface area (Å²) in [4.78, 5) is 9.32. The van der Waals surface area contributed by atoms with Crippen LogP contribution in [-0.2, 0) is 0 Å². The van der Waals surface area contributed by atoms with Gasteiger partial charge < -0.3 is 14.8 Å². The van der Waals surface area contributed by atoms with Gasteiger partial charge in [0.15, 0.2) is 0 Å². The lowest BCUT2D eigenvalue weighted by molar-refractivity contribution is 0.395. The van der Waals surface area contributed by atoms with Crippen LogP contribution in [0.1, 0.15) is 32.1 Å². The minimum atomic E-state index is 0.300. The van der Waals surface area contributed by atoms with Gasteiger partial charge in [0.25, 0.3) is 0 Å². The normalized spacial score (nSPS) is 18.9. The van der Waals surface area contributed by atoms with Crippen molar-refractivity contribution in [3.05, 3.63) is 40.5 Å². The molecule has 1 aliphatic carbocycles. The van der Waals surface area contributed by atoms with Crippen molar-refractivity contribution in [1.82, 2.24) is 15.1 Å². The lowest BCUT2D eigenvalue weighted by Crippen LogP contribution is -2.39. The molecule has 32 heavy (non-hydrogen) atoms. The van der Waals surface area contributed by atoms with Gasteiger partial charge in [-0.05, 0) is 30.5 Å². The van der Waals surface area contributed by atoms with Crippen molar-refractivity contribution in [2.45, 2.75) is 44.2 Å². The summed E-state index contributed by atoms with van der Waals surface area (Å²) in [5.74, 6) is 1.64. The second kappa shape index (κ2) is 10.4. The molecule has 1 saturated carbocycles. The number of fused-ring (bicyclic) bond motifs is 1. The summed E-state index contributed by atoms with van der Waals surface area (Å²) in [6, 6.07) is 8.24. The summed E-state index contributed by atoms with van der Waals surface area (Å²) in [7, 11) is 5.77. The van der Waals surface area contributed by atoms with E-state index in [2.05, 4.69) is 24.8 Å². The van der Waals surface area contributed by atoms with Crippen molar-refractivity contribution in [3.63, 3.8) is 0 Å². The maximum Gasteiger partial charge on any atom is 0.223 e. The van der Waals surface area contributed by atoms with E-state index in [1.807, 2.05) is 24.4 Å². The van der Waals surface area contributed by atoms with E-state index in [0.717, 1.165) is 29.3 Å². The Morgan fingerprint density at radius 2 is 1.66 bits per heavy atom. The molecule has 1 aromatic heterocycles. The monoisotopic (exact) mass is 492 g/mol. The van der Waals surface area contributed by atoms with Crippen LogP contribution < -0.4 is 19.9 Å². The molecule has 0 bridgehead atoms. The largest absolute Gasteiger partial charge is 0.495 e. The quantitative estimate of drug-likeness (QED) is 0.319. The fraction of sp³-hybridized carbons (Fsp3) is 0.391. The first-order valence-electron chi connectivity index (χ1n) is 10.7. The van der Waals surface area contributed by atoms with Crippen molar-refractivity contribution in [2.24, 2.45) is 0 Å². The van der Waals surface area contributed by atoms with Crippen molar-refractivity contribution < 1.29 is 9.47 Å². The average molecular weight is 493 g/mol. The SMILES string of the molecule is COc1cc(OC)c(Cl)c(-c2ccc3nc(NC4CCCCCC4NP)ncc3c2)c1Cl. The first kappa shape index (κ1) is 23.3. The third-order valence-corrected chi connectivity index (χ3v) is 7.17. The Bertz CT molecular complexity index is 1090. The molecular formula is C23H27Cl2N4O2P. The van der Waals surface area contributed by atoms with E-state index in [0.29, 0.717) is 45.1 Å². The Labute approximate surface area is 200 Å². The van der Waals surface area contributed by atoms with Crippen LogP contribution in [0.15, 0.2) is 30.5 Å². The van der Waals surface area contributed by atoms with Crippen molar-refractivity contribution >= 4 is 49.4 Å². The number of halogens is 2. The third kappa shape index (κ3) is 4.74. The Kier molecular flexibility index (Phi) is 7.57. The first-order valence-corrected chi connectivity index (χ1v) is 12.0. The second-order valence-corrected chi connectivity index (χ2v) is 9.00. The minimum Gasteiger partial charge on any atom is -0.495 e. The van der Waals surface area contributed by atoms with Crippen LogP contribution in [0.25, 0.3) is 22.0 Å². The Hall–Kier alpha value is -1.85. The van der Waals surface area contributed by atoms with Gasteiger partial charge in [0.05, 0.1) is 29.8 Å². The van der Waals surface area contributed by atoms with Gasteiger partial charge in [0.2, 0.25) is 5.95 Å². The fourth-order valence-electron chi connectivity index (χ4n) is 4.24. The third-order valence-electron chi connectivity index (χ3n) is 5.99. The number of nitrogens with zero attached hydrogens (tertiary/aromatic N) is 2. The van der Waals surface area contributed by atoms with Gasteiger partial charge in [0, 0.05) is 35.3 Å². The van der Waals surface area contributed by atoms with Crippen LogP contribution in [0, 0.1) is 0 Å². The van der Waals surface area contributed by atoms with E-state index < -0.39 is 0 Å². The number of benzene rings is 2.